The number of benzene rings is 1. The smallest absolute Gasteiger partial charge is 0.271 e. The van der Waals surface area contributed by atoms with Crippen LogP contribution in [0, 0.1) is 22.5 Å². The first-order valence-corrected chi connectivity index (χ1v) is 6.45. The van der Waals surface area contributed by atoms with Crippen LogP contribution in [0.1, 0.15) is 32.3 Å². The van der Waals surface area contributed by atoms with E-state index >= 15 is 0 Å². The Labute approximate surface area is 113 Å². The number of hydrogen-bond acceptors (Lipinski definition) is 4. The first-order valence-electron chi connectivity index (χ1n) is 6.45. The molecule has 0 aromatic heterocycles. The van der Waals surface area contributed by atoms with E-state index in [0.29, 0.717) is 0 Å². The highest BCUT2D eigenvalue weighted by atomic mass is 16.6. The molecular formula is C14H22N2O3. The van der Waals surface area contributed by atoms with Crippen molar-refractivity contribution in [2.45, 2.75) is 33.6 Å². The summed E-state index contributed by atoms with van der Waals surface area (Å²) in [6.45, 7) is 7.06. The first-order chi connectivity index (χ1) is 8.85. The molecule has 0 radical (unpaired) electrons. The van der Waals surface area contributed by atoms with Gasteiger partial charge in [-0.1, -0.05) is 19.9 Å². The maximum Gasteiger partial charge on any atom is 0.271 e. The molecular weight excluding hydrogens is 244 g/mol. The monoisotopic (exact) mass is 266 g/mol. The number of aliphatic hydroxyl groups excluding tert-OH is 1. The third kappa shape index (κ3) is 4.87. The Morgan fingerprint density at radius 2 is 2.11 bits per heavy atom. The topological polar surface area (TPSA) is 75.4 Å². The highest BCUT2D eigenvalue weighted by molar-refractivity contribution is 5.56. The van der Waals surface area contributed by atoms with E-state index < -0.39 is 0 Å². The molecule has 0 spiro atoms. The van der Waals surface area contributed by atoms with Crippen LogP contribution >= 0.6 is 0 Å². The van der Waals surface area contributed by atoms with E-state index in [1.165, 1.54) is 6.07 Å². The van der Waals surface area contributed by atoms with Crippen LogP contribution in [0.15, 0.2) is 18.2 Å². The lowest BCUT2D eigenvalue weighted by Crippen LogP contribution is -2.23. The van der Waals surface area contributed by atoms with E-state index in [0.717, 1.165) is 30.6 Å². The van der Waals surface area contributed by atoms with E-state index in [1.807, 2.05) is 6.92 Å². The zero-order valence-electron chi connectivity index (χ0n) is 11.8. The maximum atomic E-state index is 10.8. The number of aliphatic hydroxyl groups is 1. The highest BCUT2D eigenvalue weighted by Crippen LogP contribution is 2.26. The Balaban J connectivity index is 2.71. The molecule has 5 nitrogen and oxygen atoms in total. The number of nitro benzene ring substituents is 1. The Morgan fingerprint density at radius 3 is 2.68 bits per heavy atom. The molecule has 19 heavy (non-hydrogen) atoms. The number of anilines is 1. The molecule has 2 N–H and O–H groups in total. The average molecular weight is 266 g/mol. The van der Waals surface area contributed by atoms with Gasteiger partial charge in [0.05, 0.1) is 4.92 Å². The minimum Gasteiger partial charge on any atom is -0.396 e. The van der Waals surface area contributed by atoms with Gasteiger partial charge in [0.15, 0.2) is 0 Å². The number of aryl methyl sites for hydroxylation is 1. The third-order valence-electron chi connectivity index (χ3n) is 3.20. The molecule has 0 amide bonds. The molecule has 1 aromatic rings. The van der Waals surface area contributed by atoms with Crippen LogP contribution in [0.25, 0.3) is 0 Å². The fourth-order valence-corrected chi connectivity index (χ4v) is 1.89. The van der Waals surface area contributed by atoms with Crippen LogP contribution in [-0.4, -0.2) is 23.2 Å². The van der Waals surface area contributed by atoms with Crippen LogP contribution in [0.4, 0.5) is 11.4 Å². The van der Waals surface area contributed by atoms with E-state index in [1.54, 1.807) is 12.1 Å². The summed E-state index contributed by atoms with van der Waals surface area (Å²) in [5.74, 6) is 0. The minimum absolute atomic E-state index is 0.0415. The molecule has 0 aliphatic carbocycles. The zero-order valence-corrected chi connectivity index (χ0v) is 11.8. The van der Waals surface area contributed by atoms with Crippen molar-refractivity contribution in [2.24, 2.45) is 5.41 Å². The van der Waals surface area contributed by atoms with Gasteiger partial charge in [0, 0.05) is 31.0 Å². The Morgan fingerprint density at radius 1 is 1.42 bits per heavy atom. The predicted molar refractivity (Wildman–Crippen MR) is 76.4 cm³/mol. The lowest BCUT2D eigenvalue weighted by Gasteiger charge is -2.25. The maximum absolute atomic E-state index is 10.8. The van der Waals surface area contributed by atoms with Crippen molar-refractivity contribution in [1.29, 1.82) is 0 Å². The van der Waals surface area contributed by atoms with Crippen molar-refractivity contribution in [3.8, 4) is 0 Å². The second kappa shape index (κ2) is 6.52. The van der Waals surface area contributed by atoms with Gasteiger partial charge >= 0.3 is 0 Å². The molecule has 0 atom stereocenters. The lowest BCUT2D eigenvalue weighted by atomic mass is 9.88. The van der Waals surface area contributed by atoms with Crippen LogP contribution in [0.3, 0.4) is 0 Å². The summed E-state index contributed by atoms with van der Waals surface area (Å²) in [5.41, 5.74) is 1.93. The molecule has 0 fully saturated rings. The van der Waals surface area contributed by atoms with Crippen molar-refractivity contribution >= 4 is 11.4 Å². The van der Waals surface area contributed by atoms with Crippen molar-refractivity contribution in [1.82, 2.24) is 0 Å². The summed E-state index contributed by atoms with van der Waals surface area (Å²) in [7, 11) is 0. The number of nitro groups is 1. The van der Waals surface area contributed by atoms with Crippen molar-refractivity contribution in [3.05, 3.63) is 33.9 Å². The Bertz CT molecular complexity index is 444. The van der Waals surface area contributed by atoms with Crippen LogP contribution in [-0.2, 0) is 0 Å². The highest BCUT2D eigenvalue weighted by Gasteiger charge is 2.18. The average Bonchev–Trinajstić information content (AvgIpc) is 2.35. The van der Waals surface area contributed by atoms with Crippen LogP contribution in [0.5, 0.6) is 0 Å². The third-order valence-corrected chi connectivity index (χ3v) is 3.20. The quantitative estimate of drug-likeness (QED) is 0.587. The largest absolute Gasteiger partial charge is 0.396 e. The van der Waals surface area contributed by atoms with Crippen molar-refractivity contribution < 1.29 is 10.0 Å². The van der Waals surface area contributed by atoms with Crippen molar-refractivity contribution in [3.63, 3.8) is 0 Å². The van der Waals surface area contributed by atoms with Crippen LogP contribution in [0.2, 0.25) is 0 Å². The van der Waals surface area contributed by atoms with Gasteiger partial charge in [0.1, 0.15) is 0 Å². The number of non-ortho nitro benzene ring substituents is 1. The van der Waals surface area contributed by atoms with Crippen LogP contribution < -0.4 is 5.32 Å². The fourth-order valence-electron chi connectivity index (χ4n) is 1.89. The molecule has 1 aromatic carbocycles. The van der Waals surface area contributed by atoms with Gasteiger partial charge < -0.3 is 10.4 Å². The van der Waals surface area contributed by atoms with E-state index in [4.69, 9.17) is 5.11 Å². The standard InChI is InChI=1S/C14H22N2O3/c1-11-5-6-12(16(18)19)9-13(11)15-10-14(2,3)7-4-8-17/h5-6,9,15,17H,4,7-8,10H2,1-3H3. The molecule has 0 heterocycles. The molecule has 0 saturated carbocycles. The van der Waals surface area contributed by atoms with E-state index in [-0.39, 0.29) is 22.6 Å². The summed E-state index contributed by atoms with van der Waals surface area (Å²) in [5, 5.41) is 22.9. The molecule has 0 aliphatic rings. The molecule has 0 bridgehead atoms. The molecule has 5 heteroatoms. The summed E-state index contributed by atoms with van der Waals surface area (Å²) >= 11 is 0. The molecule has 0 saturated heterocycles. The predicted octanol–water partition coefficient (Wildman–Crippen LogP) is 3.11. The second-order valence-electron chi connectivity index (χ2n) is 5.60. The van der Waals surface area contributed by atoms with Gasteiger partial charge in [0.25, 0.3) is 5.69 Å². The number of hydrogen-bond donors (Lipinski definition) is 2. The van der Waals surface area contributed by atoms with E-state index in [2.05, 4.69) is 19.2 Å². The summed E-state index contributed by atoms with van der Waals surface area (Å²) in [6, 6.07) is 4.83. The molecule has 0 aliphatic heterocycles. The molecule has 106 valence electrons. The molecule has 0 unspecified atom stereocenters. The number of nitrogens with zero attached hydrogens (tertiary/aromatic N) is 1. The normalized spacial score (nSPS) is 11.4. The van der Waals surface area contributed by atoms with Gasteiger partial charge in [-0.2, -0.15) is 0 Å². The lowest BCUT2D eigenvalue weighted by molar-refractivity contribution is -0.384. The Hall–Kier alpha value is -1.62. The van der Waals surface area contributed by atoms with Gasteiger partial charge in [-0.25, -0.2) is 0 Å². The number of nitrogens with one attached hydrogen (secondary N) is 1. The van der Waals surface area contributed by atoms with Gasteiger partial charge in [-0.3, -0.25) is 10.1 Å². The summed E-state index contributed by atoms with van der Waals surface area (Å²) in [4.78, 5) is 10.4. The zero-order chi connectivity index (χ0) is 14.5. The SMILES string of the molecule is Cc1ccc([N+](=O)[O-])cc1NCC(C)(C)CCCO. The van der Waals surface area contributed by atoms with Crippen molar-refractivity contribution in [2.75, 3.05) is 18.5 Å². The number of rotatable bonds is 7. The van der Waals surface area contributed by atoms with Gasteiger partial charge in [0.2, 0.25) is 0 Å². The van der Waals surface area contributed by atoms with E-state index in [9.17, 15) is 10.1 Å². The second-order valence-corrected chi connectivity index (χ2v) is 5.60. The van der Waals surface area contributed by atoms with Gasteiger partial charge in [-0.15, -0.1) is 0 Å². The fraction of sp³-hybridized carbons (Fsp3) is 0.571. The molecule has 1 rings (SSSR count). The van der Waals surface area contributed by atoms with Gasteiger partial charge in [-0.05, 0) is 30.7 Å². The first kappa shape index (κ1) is 15.4. The Kier molecular flexibility index (Phi) is 5.30. The summed E-state index contributed by atoms with van der Waals surface area (Å²) < 4.78 is 0. The minimum atomic E-state index is -0.387. The summed E-state index contributed by atoms with van der Waals surface area (Å²) in [6.07, 6.45) is 1.67.